The molecule has 1 aliphatic carbocycles. The van der Waals surface area contributed by atoms with E-state index in [0.717, 1.165) is 38.9 Å². The van der Waals surface area contributed by atoms with E-state index in [2.05, 4.69) is 29.6 Å². The fourth-order valence-corrected chi connectivity index (χ4v) is 4.56. The number of aryl methyl sites for hydroxylation is 2. The van der Waals surface area contributed by atoms with Crippen molar-refractivity contribution in [3.05, 3.63) is 94.5 Å². The van der Waals surface area contributed by atoms with Crippen molar-refractivity contribution in [2.45, 2.75) is 32.2 Å². The minimum absolute atomic E-state index is 0.0451. The Morgan fingerprint density at radius 3 is 2.00 bits per heavy atom. The number of carbonyl (C=O) groups is 2. The average molecular weight is 415 g/mol. The second-order valence-electron chi connectivity index (χ2n) is 7.93. The number of aliphatic carboxylic acids is 1. The van der Waals surface area contributed by atoms with Crippen molar-refractivity contribution < 1.29 is 19.4 Å². The van der Waals surface area contributed by atoms with Crippen molar-refractivity contribution in [2.75, 3.05) is 6.61 Å². The first kappa shape index (κ1) is 20.7. The van der Waals surface area contributed by atoms with E-state index < -0.39 is 18.1 Å². The molecule has 1 aliphatic rings. The van der Waals surface area contributed by atoms with Crippen LogP contribution in [0.25, 0.3) is 11.1 Å². The van der Waals surface area contributed by atoms with Crippen molar-refractivity contribution in [3.8, 4) is 11.1 Å². The number of carboxylic acid groups (broad SMARTS) is 1. The predicted octanol–water partition coefficient (Wildman–Crippen LogP) is 5.36. The minimum atomic E-state index is -0.980. The van der Waals surface area contributed by atoms with E-state index in [1.165, 1.54) is 0 Å². The zero-order valence-electron chi connectivity index (χ0n) is 17.6. The van der Waals surface area contributed by atoms with Gasteiger partial charge in [-0.05, 0) is 52.8 Å². The van der Waals surface area contributed by atoms with Crippen LogP contribution in [-0.2, 0) is 9.53 Å². The van der Waals surface area contributed by atoms with Crippen LogP contribution in [0.15, 0.2) is 66.7 Å². The monoisotopic (exact) mass is 415 g/mol. The first-order valence-electron chi connectivity index (χ1n) is 10.3. The molecule has 5 nitrogen and oxygen atoms in total. The second-order valence-corrected chi connectivity index (χ2v) is 7.93. The summed E-state index contributed by atoms with van der Waals surface area (Å²) in [5.74, 6) is -1.03. The molecule has 0 aromatic heterocycles. The molecule has 1 atom stereocenters. The molecule has 0 bridgehead atoms. The minimum Gasteiger partial charge on any atom is -0.481 e. The van der Waals surface area contributed by atoms with Crippen LogP contribution in [0.1, 0.15) is 46.2 Å². The number of hydrogen-bond acceptors (Lipinski definition) is 3. The van der Waals surface area contributed by atoms with Gasteiger partial charge in [0.05, 0.1) is 12.5 Å². The van der Waals surface area contributed by atoms with Crippen molar-refractivity contribution in [1.29, 1.82) is 0 Å². The summed E-state index contributed by atoms with van der Waals surface area (Å²) in [6.07, 6.45) is -0.827. The maximum Gasteiger partial charge on any atom is 0.407 e. The summed E-state index contributed by atoms with van der Waals surface area (Å²) in [6.45, 7) is 4.01. The Morgan fingerprint density at radius 1 is 0.903 bits per heavy atom. The Hall–Kier alpha value is -3.60. The number of benzene rings is 3. The first-order valence-corrected chi connectivity index (χ1v) is 10.3. The van der Waals surface area contributed by atoms with Gasteiger partial charge in [0.2, 0.25) is 0 Å². The van der Waals surface area contributed by atoms with Gasteiger partial charge in [-0.1, -0.05) is 66.7 Å². The number of ether oxygens (including phenoxy) is 1. The van der Waals surface area contributed by atoms with Gasteiger partial charge < -0.3 is 15.2 Å². The summed E-state index contributed by atoms with van der Waals surface area (Å²) in [7, 11) is 0. The Balaban J connectivity index is 1.51. The summed E-state index contributed by atoms with van der Waals surface area (Å²) in [6, 6.07) is 21.4. The lowest BCUT2D eigenvalue weighted by Crippen LogP contribution is -2.32. The van der Waals surface area contributed by atoms with Crippen LogP contribution in [-0.4, -0.2) is 23.8 Å². The van der Waals surface area contributed by atoms with Crippen LogP contribution in [0.2, 0.25) is 0 Å². The molecule has 1 amide bonds. The summed E-state index contributed by atoms with van der Waals surface area (Å²) in [5.41, 5.74) is 7.27. The number of hydrogen-bond donors (Lipinski definition) is 2. The molecule has 0 fully saturated rings. The van der Waals surface area contributed by atoms with E-state index in [1.54, 1.807) is 0 Å². The summed E-state index contributed by atoms with van der Waals surface area (Å²) in [4.78, 5) is 24.1. The number of carboxylic acids is 1. The molecule has 2 N–H and O–H groups in total. The van der Waals surface area contributed by atoms with Crippen molar-refractivity contribution in [1.82, 2.24) is 5.32 Å². The SMILES string of the molecule is Cc1cccc(C)c1C(CC(=O)O)NC(=O)OCC1c2ccccc2-c2ccccc21. The van der Waals surface area contributed by atoms with Crippen LogP contribution in [0, 0.1) is 13.8 Å². The molecule has 0 radical (unpaired) electrons. The molecular formula is C26H25NO4. The van der Waals surface area contributed by atoms with Gasteiger partial charge in [0.1, 0.15) is 6.61 Å². The number of fused-ring (bicyclic) bond motifs is 3. The zero-order valence-corrected chi connectivity index (χ0v) is 17.6. The fraction of sp³-hybridized carbons (Fsp3) is 0.231. The predicted molar refractivity (Wildman–Crippen MR) is 119 cm³/mol. The lowest BCUT2D eigenvalue weighted by atomic mass is 9.94. The van der Waals surface area contributed by atoms with Crippen LogP contribution < -0.4 is 5.32 Å². The highest BCUT2D eigenvalue weighted by molar-refractivity contribution is 5.79. The van der Waals surface area contributed by atoms with Gasteiger partial charge in [-0.25, -0.2) is 4.79 Å². The van der Waals surface area contributed by atoms with Gasteiger partial charge in [0, 0.05) is 5.92 Å². The molecule has 0 spiro atoms. The molecule has 3 aromatic rings. The van der Waals surface area contributed by atoms with Crippen LogP contribution >= 0.6 is 0 Å². The van der Waals surface area contributed by atoms with Crippen molar-refractivity contribution in [2.24, 2.45) is 0 Å². The summed E-state index contributed by atoms with van der Waals surface area (Å²) < 4.78 is 5.61. The number of nitrogens with one attached hydrogen (secondary N) is 1. The van der Waals surface area contributed by atoms with E-state index in [0.29, 0.717) is 0 Å². The molecule has 0 saturated carbocycles. The molecule has 31 heavy (non-hydrogen) atoms. The standard InChI is InChI=1S/C26H25NO4/c1-16-8-7-9-17(2)25(16)23(14-24(28)29)27-26(30)31-15-22-20-12-5-3-10-18(20)19-11-4-6-13-21(19)22/h3-13,22-23H,14-15H2,1-2H3,(H,27,30)(H,28,29). The molecule has 3 aromatic carbocycles. The Kier molecular flexibility index (Phi) is 5.76. The van der Waals surface area contributed by atoms with Crippen LogP contribution in [0.5, 0.6) is 0 Å². The third-order valence-corrected chi connectivity index (χ3v) is 5.91. The quantitative estimate of drug-likeness (QED) is 0.568. The normalized spacial score (nSPS) is 13.2. The Morgan fingerprint density at radius 2 is 1.45 bits per heavy atom. The molecule has 158 valence electrons. The van der Waals surface area contributed by atoms with Crippen LogP contribution in [0.3, 0.4) is 0 Å². The van der Waals surface area contributed by atoms with Gasteiger partial charge in [-0.15, -0.1) is 0 Å². The van der Waals surface area contributed by atoms with Gasteiger partial charge in [-0.2, -0.15) is 0 Å². The smallest absolute Gasteiger partial charge is 0.407 e. The molecule has 1 unspecified atom stereocenters. The second kappa shape index (κ2) is 8.64. The Labute approximate surface area is 181 Å². The van der Waals surface area contributed by atoms with E-state index in [-0.39, 0.29) is 18.9 Å². The molecular weight excluding hydrogens is 390 g/mol. The summed E-state index contributed by atoms with van der Waals surface area (Å²) >= 11 is 0. The topological polar surface area (TPSA) is 75.6 Å². The third-order valence-electron chi connectivity index (χ3n) is 5.91. The van der Waals surface area contributed by atoms with E-state index >= 15 is 0 Å². The molecule has 0 aliphatic heterocycles. The maximum absolute atomic E-state index is 12.7. The number of rotatable bonds is 6. The van der Waals surface area contributed by atoms with Crippen molar-refractivity contribution >= 4 is 12.1 Å². The summed E-state index contributed by atoms with van der Waals surface area (Å²) in [5, 5.41) is 12.1. The molecule has 0 heterocycles. The van der Waals surface area contributed by atoms with Crippen molar-refractivity contribution in [3.63, 3.8) is 0 Å². The zero-order chi connectivity index (χ0) is 22.0. The van der Waals surface area contributed by atoms with Gasteiger partial charge in [0.25, 0.3) is 0 Å². The third kappa shape index (κ3) is 4.17. The van der Waals surface area contributed by atoms with E-state index in [9.17, 15) is 14.7 Å². The highest BCUT2D eigenvalue weighted by Gasteiger charge is 2.29. The lowest BCUT2D eigenvalue weighted by molar-refractivity contribution is -0.137. The Bertz CT molecular complexity index is 1070. The van der Waals surface area contributed by atoms with Gasteiger partial charge in [-0.3, -0.25) is 4.79 Å². The number of alkyl carbamates (subject to hydrolysis) is 1. The maximum atomic E-state index is 12.7. The first-order chi connectivity index (χ1) is 15.0. The number of carbonyl (C=O) groups excluding carboxylic acids is 1. The van der Waals surface area contributed by atoms with Gasteiger partial charge in [0.15, 0.2) is 0 Å². The van der Waals surface area contributed by atoms with Gasteiger partial charge >= 0.3 is 12.1 Å². The number of amides is 1. The molecule has 4 rings (SSSR count). The van der Waals surface area contributed by atoms with Crippen LogP contribution in [0.4, 0.5) is 4.79 Å². The largest absolute Gasteiger partial charge is 0.481 e. The van der Waals surface area contributed by atoms with E-state index in [1.807, 2.05) is 56.3 Å². The average Bonchev–Trinajstić information content (AvgIpc) is 3.05. The molecule has 5 heteroatoms. The highest BCUT2D eigenvalue weighted by atomic mass is 16.5. The lowest BCUT2D eigenvalue weighted by Gasteiger charge is -2.22. The molecule has 0 saturated heterocycles. The highest BCUT2D eigenvalue weighted by Crippen LogP contribution is 2.44. The fourth-order valence-electron chi connectivity index (χ4n) is 4.56. The van der Waals surface area contributed by atoms with E-state index in [4.69, 9.17) is 4.74 Å².